The molecule has 128 valence electrons. The minimum absolute atomic E-state index is 0.239. The predicted octanol–water partition coefficient (Wildman–Crippen LogP) is 3.81. The lowest BCUT2D eigenvalue weighted by Crippen LogP contribution is -2.41. The molecule has 1 aromatic heterocycles. The van der Waals surface area contributed by atoms with Gasteiger partial charge in [0.15, 0.2) is 0 Å². The highest BCUT2D eigenvalue weighted by Gasteiger charge is 2.17. The number of aromatic nitrogens is 1. The highest BCUT2D eigenvalue weighted by atomic mass is 35.5. The molecule has 1 fully saturated rings. The predicted molar refractivity (Wildman–Crippen MR) is 98.6 cm³/mol. The second kappa shape index (κ2) is 7.97. The maximum absolute atomic E-state index is 6.06. The summed E-state index contributed by atoms with van der Waals surface area (Å²) in [5, 5.41) is 4.29. The minimum Gasteiger partial charge on any atom is -0.375 e. The van der Waals surface area contributed by atoms with Gasteiger partial charge in [-0.15, -0.1) is 0 Å². The molecule has 2 aromatic rings. The Morgan fingerprint density at radius 3 is 2.96 bits per heavy atom. The SMILES string of the molecule is C[C@H]1CN(c2ccc(CN[C@H](C)c3cccc(Cl)c3)cn2)CCO1. The average Bonchev–Trinajstić information content (AvgIpc) is 2.60. The molecule has 4 nitrogen and oxygen atoms in total. The van der Waals surface area contributed by atoms with Crippen LogP contribution < -0.4 is 10.2 Å². The van der Waals surface area contributed by atoms with Crippen LogP contribution in [0.1, 0.15) is 31.0 Å². The lowest BCUT2D eigenvalue weighted by molar-refractivity contribution is 0.0529. The summed E-state index contributed by atoms with van der Waals surface area (Å²) in [5.41, 5.74) is 2.36. The fraction of sp³-hybridized carbons (Fsp3) is 0.421. The molecule has 0 unspecified atom stereocenters. The topological polar surface area (TPSA) is 37.4 Å². The van der Waals surface area contributed by atoms with Crippen LogP contribution in [0.3, 0.4) is 0 Å². The molecule has 2 heterocycles. The summed E-state index contributed by atoms with van der Waals surface area (Å²) in [6.07, 6.45) is 2.22. The van der Waals surface area contributed by atoms with Gasteiger partial charge in [-0.05, 0) is 43.2 Å². The van der Waals surface area contributed by atoms with E-state index in [1.807, 2.05) is 24.4 Å². The van der Waals surface area contributed by atoms with Crippen LogP contribution in [0, 0.1) is 0 Å². The third kappa shape index (κ3) is 4.47. The standard InChI is InChI=1S/C19H24ClN3O/c1-14-13-23(8-9-24-14)19-7-6-16(12-22-19)11-21-15(2)17-4-3-5-18(20)10-17/h3-7,10,12,14-15,21H,8-9,11,13H2,1-2H3/t14-,15+/m0/s1. The van der Waals surface area contributed by atoms with Crippen molar-refractivity contribution in [3.63, 3.8) is 0 Å². The van der Waals surface area contributed by atoms with E-state index in [-0.39, 0.29) is 12.1 Å². The maximum atomic E-state index is 6.06. The van der Waals surface area contributed by atoms with Crippen LogP contribution in [0.25, 0.3) is 0 Å². The molecular formula is C19H24ClN3O. The number of rotatable bonds is 5. The summed E-state index contributed by atoms with van der Waals surface area (Å²) < 4.78 is 5.58. The van der Waals surface area contributed by atoms with Crippen molar-refractivity contribution in [1.82, 2.24) is 10.3 Å². The third-order valence-electron chi connectivity index (χ3n) is 4.34. The second-order valence-corrected chi connectivity index (χ2v) is 6.75. The quantitative estimate of drug-likeness (QED) is 0.894. The number of morpholine rings is 1. The number of ether oxygens (including phenoxy) is 1. The van der Waals surface area contributed by atoms with Crippen molar-refractivity contribution in [2.75, 3.05) is 24.6 Å². The number of halogens is 1. The highest BCUT2D eigenvalue weighted by molar-refractivity contribution is 6.30. The molecule has 1 N–H and O–H groups in total. The molecule has 1 aliphatic rings. The fourth-order valence-electron chi connectivity index (χ4n) is 2.90. The highest BCUT2D eigenvalue weighted by Crippen LogP contribution is 2.19. The first kappa shape index (κ1) is 17.2. The first-order valence-corrected chi connectivity index (χ1v) is 8.80. The largest absolute Gasteiger partial charge is 0.375 e. The number of pyridine rings is 1. The van der Waals surface area contributed by atoms with Crippen LogP contribution in [0.15, 0.2) is 42.6 Å². The van der Waals surface area contributed by atoms with Gasteiger partial charge in [0.05, 0.1) is 12.7 Å². The summed E-state index contributed by atoms with van der Waals surface area (Å²) in [4.78, 5) is 6.89. The molecule has 3 rings (SSSR count). The molecule has 0 aliphatic carbocycles. The lowest BCUT2D eigenvalue weighted by atomic mass is 10.1. The van der Waals surface area contributed by atoms with Gasteiger partial charge in [-0.3, -0.25) is 0 Å². The van der Waals surface area contributed by atoms with Gasteiger partial charge >= 0.3 is 0 Å². The zero-order valence-corrected chi connectivity index (χ0v) is 15.0. The van der Waals surface area contributed by atoms with Gasteiger partial charge < -0.3 is 15.0 Å². The van der Waals surface area contributed by atoms with Gasteiger partial charge in [-0.25, -0.2) is 4.98 Å². The molecule has 1 saturated heterocycles. The number of hydrogen-bond acceptors (Lipinski definition) is 4. The molecule has 0 amide bonds. The molecule has 1 aliphatic heterocycles. The number of anilines is 1. The van der Waals surface area contributed by atoms with Gasteiger partial charge in [-0.2, -0.15) is 0 Å². The van der Waals surface area contributed by atoms with Gasteiger partial charge in [0.2, 0.25) is 0 Å². The molecule has 0 spiro atoms. The van der Waals surface area contributed by atoms with Crippen LogP contribution in [0.5, 0.6) is 0 Å². The zero-order chi connectivity index (χ0) is 16.9. The smallest absolute Gasteiger partial charge is 0.128 e. The molecule has 5 heteroatoms. The van der Waals surface area contributed by atoms with Crippen molar-refractivity contribution in [2.24, 2.45) is 0 Å². The molecule has 1 aromatic carbocycles. The molecular weight excluding hydrogens is 322 g/mol. The Morgan fingerprint density at radius 2 is 2.25 bits per heavy atom. The summed E-state index contributed by atoms with van der Waals surface area (Å²) >= 11 is 6.06. The Hall–Kier alpha value is -1.62. The van der Waals surface area contributed by atoms with E-state index < -0.39 is 0 Å². The van der Waals surface area contributed by atoms with Crippen LogP contribution in [-0.4, -0.2) is 30.8 Å². The van der Waals surface area contributed by atoms with E-state index in [1.165, 1.54) is 11.1 Å². The Labute approximate surface area is 148 Å². The molecule has 0 saturated carbocycles. The van der Waals surface area contributed by atoms with Crippen LogP contribution >= 0.6 is 11.6 Å². The third-order valence-corrected chi connectivity index (χ3v) is 4.57. The van der Waals surface area contributed by atoms with Crippen molar-refractivity contribution in [1.29, 1.82) is 0 Å². The van der Waals surface area contributed by atoms with Crippen molar-refractivity contribution in [3.05, 3.63) is 58.7 Å². The monoisotopic (exact) mass is 345 g/mol. The van der Waals surface area contributed by atoms with Gasteiger partial charge in [0, 0.05) is 36.9 Å². The Bertz CT molecular complexity index is 662. The summed E-state index contributed by atoms with van der Waals surface area (Å²) in [5.74, 6) is 1.02. The lowest BCUT2D eigenvalue weighted by Gasteiger charge is -2.32. The Kier molecular flexibility index (Phi) is 5.72. The van der Waals surface area contributed by atoms with Gasteiger partial charge in [-0.1, -0.05) is 29.8 Å². The Morgan fingerprint density at radius 1 is 1.38 bits per heavy atom. The van der Waals surface area contributed by atoms with Crippen molar-refractivity contribution in [2.45, 2.75) is 32.5 Å². The number of nitrogens with one attached hydrogen (secondary N) is 1. The number of hydrogen-bond donors (Lipinski definition) is 1. The fourth-order valence-corrected chi connectivity index (χ4v) is 3.10. The van der Waals surface area contributed by atoms with E-state index in [0.717, 1.165) is 37.1 Å². The van der Waals surface area contributed by atoms with E-state index in [2.05, 4.69) is 47.2 Å². The van der Waals surface area contributed by atoms with Gasteiger partial charge in [0.25, 0.3) is 0 Å². The van der Waals surface area contributed by atoms with Crippen molar-refractivity contribution in [3.8, 4) is 0 Å². The van der Waals surface area contributed by atoms with E-state index >= 15 is 0 Å². The molecule has 0 radical (unpaired) electrons. The van der Waals surface area contributed by atoms with E-state index in [4.69, 9.17) is 16.3 Å². The van der Waals surface area contributed by atoms with Crippen LogP contribution in [0.2, 0.25) is 5.02 Å². The number of benzene rings is 1. The molecule has 2 atom stereocenters. The van der Waals surface area contributed by atoms with E-state index in [0.29, 0.717) is 0 Å². The first-order chi connectivity index (χ1) is 11.6. The number of nitrogens with zero attached hydrogens (tertiary/aromatic N) is 2. The molecule has 0 bridgehead atoms. The average molecular weight is 346 g/mol. The zero-order valence-electron chi connectivity index (χ0n) is 14.2. The van der Waals surface area contributed by atoms with Gasteiger partial charge in [0.1, 0.15) is 5.82 Å². The summed E-state index contributed by atoms with van der Waals surface area (Å²) in [7, 11) is 0. The molecule has 24 heavy (non-hydrogen) atoms. The van der Waals surface area contributed by atoms with Crippen LogP contribution in [0.4, 0.5) is 5.82 Å². The second-order valence-electron chi connectivity index (χ2n) is 6.31. The van der Waals surface area contributed by atoms with E-state index in [9.17, 15) is 0 Å². The Balaban J connectivity index is 1.56. The van der Waals surface area contributed by atoms with E-state index in [1.54, 1.807) is 0 Å². The van der Waals surface area contributed by atoms with Crippen molar-refractivity contribution >= 4 is 17.4 Å². The maximum Gasteiger partial charge on any atom is 0.128 e. The first-order valence-electron chi connectivity index (χ1n) is 8.42. The summed E-state index contributed by atoms with van der Waals surface area (Å²) in [6, 6.07) is 12.4. The van der Waals surface area contributed by atoms with Crippen molar-refractivity contribution < 1.29 is 4.74 Å². The summed E-state index contributed by atoms with van der Waals surface area (Å²) in [6.45, 7) is 7.59. The normalized spacial score (nSPS) is 19.3. The minimum atomic E-state index is 0.239. The van der Waals surface area contributed by atoms with Crippen LogP contribution in [-0.2, 0) is 11.3 Å².